The van der Waals surface area contributed by atoms with Gasteiger partial charge in [0.2, 0.25) is 0 Å². The van der Waals surface area contributed by atoms with Crippen LogP contribution in [-0.2, 0) is 17.3 Å². The van der Waals surface area contributed by atoms with Gasteiger partial charge >= 0.3 is 0 Å². The SMILES string of the molecule is CC(F)(F)c1ccn(CC(=O)[C@H]2CC[C@H]3[C@@H]4CC[C@@H]5C[C@](C)(O)CC[C@]5(C)[C@H]4CC[C@]23C)n1. The van der Waals surface area contributed by atoms with Crippen molar-refractivity contribution >= 4 is 5.78 Å². The third kappa shape index (κ3) is 3.79. The summed E-state index contributed by atoms with van der Waals surface area (Å²) in [6.45, 7) is 7.76. The zero-order valence-corrected chi connectivity index (χ0v) is 20.6. The Balaban J connectivity index is 1.31. The molecule has 33 heavy (non-hydrogen) atoms. The molecule has 1 heterocycles. The standard InChI is InChI=1S/C27H40F2N2O2/c1-24(33)12-13-25(2)17(15-24)5-6-18-19-7-8-21(26(19,3)11-9-20(18)25)22(32)16-31-14-10-23(30-31)27(4,28)29/h10,14,17-21,33H,5-9,11-13,15-16H2,1-4H3/t17-,18+,19+,20+,21-,24-,25+,26+/m1/s1. The summed E-state index contributed by atoms with van der Waals surface area (Å²) in [6, 6.07) is 1.32. The fraction of sp³-hybridized carbons (Fsp3) is 0.852. The molecule has 4 fully saturated rings. The van der Waals surface area contributed by atoms with Crippen LogP contribution in [0, 0.1) is 40.4 Å². The van der Waals surface area contributed by atoms with Crippen LogP contribution in [0.4, 0.5) is 8.78 Å². The second kappa shape index (κ2) is 7.60. The topological polar surface area (TPSA) is 55.1 Å². The molecule has 5 rings (SSSR count). The van der Waals surface area contributed by atoms with Gasteiger partial charge in [0.25, 0.3) is 5.92 Å². The molecule has 184 valence electrons. The Hall–Kier alpha value is -1.30. The molecule has 4 saturated carbocycles. The predicted octanol–water partition coefficient (Wildman–Crippen LogP) is 5.97. The van der Waals surface area contributed by atoms with Crippen molar-refractivity contribution in [2.45, 2.75) is 104 Å². The maximum Gasteiger partial charge on any atom is 0.288 e. The molecule has 4 aliphatic carbocycles. The highest BCUT2D eigenvalue weighted by molar-refractivity contribution is 5.82. The predicted molar refractivity (Wildman–Crippen MR) is 123 cm³/mol. The molecule has 0 amide bonds. The molecule has 4 nitrogen and oxygen atoms in total. The van der Waals surface area contributed by atoms with Crippen molar-refractivity contribution in [3.05, 3.63) is 18.0 Å². The second-order valence-corrected chi connectivity index (χ2v) is 12.8. The summed E-state index contributed by atoms with van der Waals surface area (Å²) < 4.78 is 28.5. The number of rotatable bonds is 4. The molecule has 0 unspecified atom stereocenters. The third-order valence-corrected chi connectivity index (χ3v) is 10.8. The number of carbonyl (C=O) groups excluding carboxylic acids is 1. The lowest BCUT2D eigenvalue weighted by atomic mass is 9.44. The minimum absolute atomic E-state index is 0.00384. The number of Topliss-reactive ketones (excluding diaryl/α,β-unsaturated/α-hetero) is 1. The first-order chi connectivity index (χ1) is 15.3. The molecule has 0 aliphatic heterocycles. The van der Waals surface area contributed by atoms with Crippen molar-refractivity contribution in [1.29, 1.82) is 0 Å². The minimum atomic E-state index is -2.99. The highest BCUT2D eigenvalue weighted by Crippen LogP contribution is 2.68. The van der Waals surface area contributed by atoms with E-state index in [2.05, 4.69) is 18.9 Å². The van der Waals surface area contributed by atoms with Gasteiger partial charge in [-0.1, -0.05) is 13.8 Å². The lowest BCUT2D eigenvalue weighted by Gasteiger charge is -2.61. The smallest absolute Gasteiger partial charge is 0.288 e. The van der Waals surface area contributed by atoms with Crippen molar-refractivity contribution in [2.24, 2.45) is 40.4 Å². The van der Waals surface area contributed by atoms with Crippen LogP contribution in [0.2, 0.25) is 0 Å². The van der Waals surface area contributed by atoms with E-state index in [1.807, 2.05) is 6.92 Å². The van der Waals surface area contributed by atoms with Gasteiger partial charge in [-0.2, -0.15) is 13.9 Å². The van der Waals surface area contributed by atoms with Gasteiger partial charge in [0.05, 0.1) is 12.1 Å². The molecule has 1 N–H and O–H groups in total. The van der Waals surface area contributed by atoms with Gasteiger partial charge in [0, 0.05) is 19.0 Å². The number of carbonyl (C=O) groups is 1. The van der Waals surface area contributed by atoms with Crippen LogP contribution in [0.15, 0.2) is 12.3 Å². The van der Waals surface area contributed by atoms with E-state index in [1.165, 1.54) is 36.2 Å². The summed E-state index contributed by atoms with van der Waals surface area (Å²) in [5.41, 5.74) is -0.473. The first-order valence-corrected chi connectivity index (χ1v) is 13.0. The van der Waals surface area contributed by atoms with Crippen LogP contribution < -0.4 is 0 Å². The van der Waals surface area contributed by atoms with Gasteiger partial charge < -0.3 is 5.11 Å². The first-order valence-electron chi connectivity index (χ1n) is 13.0. The Labute approximate surface area is 196 Å². The van der Waals surface area contributed by atoms with Gasteiger partial charge in [-0.15, -0.1) is 0 Å². The third-order valence-electron chi connectivity index (χ3n) is 10.8. The number of nitrogens with zero attached hydrogens (tertiary/aromatic N) is 2. The largest absolute Gasteiger partial charge is 0.390 e. The molecule has 0 spiro atoms. The molecule has 4 aliphatic rings. The maximum atomic E-state index is 13.6. The van der Waals surface area contributed by atoms with Crippen molar-refractivity contribution in [2.75, 3.05) is 0 Å². The fourth-order valence-corrected chi connectivity index (χ4v) is 8.91. The number of hydrogen-bond donors (Lipinski definition) is 1. The van der Waals surface area contributed by atoms with Gasteiger partial charge in [-0.25, -0.2) is 0 Å². The summed E-state index contributed by atoms with van der Waals surface area (Å²) in [7, 11) is 0. The number of ketones is 1. The molecular weight excluding hydrogens is 422 g/mol. The van der Waals surface area contributed by atoms with Crippen LogP contribution in [0.1, 0.15) is 91.2 Å². The zero-order chi connectivity index (χ0) is 23.8. The van der Waals surface area contributed by atoms with E-state index in [1.54, 1.807) is 0 Å². The van der Waals surface area contributed by atoms with E-state index in [9.17, 15) is 18.7 Å². The Bertz CT molecular complexity index is 921. The Morgan fingerprint density at radius 3 is 2.52 bits per heavy atom. The summed E-state index contributed by atoms with van der Waals surface area (Å²) in [5.74, 6) is -0.300. The molecule has 0 bridgehead atoms. The number of fused-ring (bicyclic) bond motifs is 5. The van der Waals surface area contributed by atoms with Crippen LogP contribution in [-0.4, -0.2) is 26.3 Å². The highest BCUT2D eigenvalue weighted by atomic mass is 19.3. The van der Waals surface area contributed by atoms with Gasteiger partial charge in [-0.05, 0) is 105 Å². The van der Waals surface area contributed by atoms with Gasteiger partial charge in [0.15, 0.2) is 5.78 Å². The average Bonchev–Trinajstić information content (AvgIpc) is 3.32. The van der Waals surface area contributed by atoms with Crippen molar-refractivity contribution in [1.82, 2.24) is 9.78 Å². The van der Waals surface area contributed by atoms with Crippen molar-refractivity contribution < 1.29 is 18.7 Å². The van der Waals surface area contributed by atoms with Gasteiger partial charge in [0.1, 0.15) is 5.69 Å². The molecular formula is C27H40F2N2O2. The number of halogens is 2. The highest BCUT2D eigenvalue weighted by Gasteiger charge is 2.61. The van der Waals surface area contributed by atoms with Crippen LogP contribution in [0.3, 0.4) is 0 Å². The zero-order valence-electron chi connectivity index (χ0n) is 20.6. The molecule has 0 radical (unpaired) electrons. The van der Waals surface area contributed by atoms with E-state index >= 15 is 0 Å². The lowest BCUT2D eigenvalue weighted by Crippen LogP contribution is -2.55. The lowest BCUT2D eigenvalue weighted by molar-refractivity contribution is -0.151. The minimum Gasteiger partial charge on any atom is -0.390 e. The molecule has 0 aromatic carbocycles. The van der Waals surface area contributed by atoms with E-state index in [0.29, 0.717) is 29.1 Å². The molecule has 0 saturated heterocycles. The second-order valence-electron chi connectivity index (χ2n) is 12.8. The Morgan fingerprint density at radius 2 is 1.82 bits per heavy atom. The first kappa shape index (κ1) is 23.4. The molecule has 6 heteroatoms. The number of alkyl halides is 2. The number of aliphatic hydroxyl groups is 1. The number of aromatic nitrogens is 2. The van der Waals surface area contributed by atoms with Crippen LogP contribution in [0.25, 0.3) is 0 Å². The molecule has 8 atom stereocenters. The normalized spacial score (nSPS) is 45.2. The van der Waals surface area contributed by atoms with Crippen LogP contribution >= 0.6 is 0 Å². The fourth-order valence-electron chi connectivity index (χ4n) is 8.91. The monoisotopic (exact) mass is 462 g/mol. The van der Waals surface area contributed by atoms with E-state index in [4.69, 9.17) is 0 Å². The average molecular weight is 463 g/mol. The van der Waals surface area contributed by atoms with E-state index < -0.39 is 11.5 Å². The quantitative estimate of drug-likeness (QED) is 0.599. The van der Waals surface area contributed by atoms with E-state index in [0.717, 1.165) is 45.4 Å². The van der Waals surface area contributed by atoms with Crippen molar-refractivity contribution in [3.63, 3.8) is 0 Å². The summed E-state index contributed by atoms with van der Waals surface area (Å²) >= 11 is 0. The summed E-state index contributed by atoms with van der Waals surface area (Å²) in [5, 5.41) is 14.7. The Morgan fingerprint density at radius 1 is 1.09 bits per heavy atom. The summed E-state index contributed by atoms with van der Waals surface area (Å²) in [4.78, 5) is 13.4. The maximum absolute atomic E-state index is 13.6. The van der Waals surface area contributed by atoms with Crippen molar-refractivity contribution in [3.8, 4) is 0 Å². The van der Waals surface area contributed by atoms with Crippen LogP contribution in [0.5, 0.6) is 0 Å². The summed E-state index contributed by atoms with van der Waals surface area (Å²) in [6.07, 6.45) is 11.1. The number of hydrogen-bond acceptors (Lipinski definition) is 3. The molecule has 1 aromatic rings. The molecule has 1 aromatic heterocycles. The van der Waals surface area contributed by atoms with Gasteiger partial charge in [-0.3, -0.25) is 9.48 Å². The Kier molecular flexibility index (Phi) is 5.40. The van der Waals surface area contributed by atoms with E-state index in [-0.39, 0.29) is 29.4 Å².